The van der Waals surface area contributed by atoms with E-state index >= 15 is 0 Å². The lowest BCUT2D eigenvalue weighted by Gasteiger charge is -2.15. The summed E-state index contributed by atoms with van der Waals surface area (Å²) in [5.41, 5.74) is -0.241. The van der Waals surface area contributed by atoms with Gasteiger partial charge >= 0.3 is 11.7 Å². The van der Waals surface area contributed by atoms with Crippen LogP contribution in [-0.2, 0) is 16.1 Å². The number of halogens is 1. The highest BCUT2D eigenvalue weighted by atomic mass is 35.5. The Hall–Kier alpha value is -2.87. The molecule has 0 aliphatic rings. The molecule has 9 heteroatoms. The van der Waals surface area contributed by atoms with E-state index in [1.54, 1.807) is 45.0 Å². The fourth-order valence-electron chi connectivity index (χ4n) is 2.94. The quantitative estimate of drug-likeness (QED) is 0.623. The highest BCUT2D eigenvalue weighted by Crippen LogP contribution is 2.19. The van der Waals surface area contributed by atoms with Crippen LogP contribution in [0.1, 0.15) is 26.8 Å². The Kier molecular flexibility index (Phi) is 5.18. The van der Waals surface area contributed by atoms with E-state index in [9.17, 15) is 14.4 Å². The molecule has 0 saturated carbocycles. The molecule has 0 saturated heterocycles. The smallest absolute Gasteiger partial charge is 0.337 e. The number of carbonyl (C=O) groups is 1. The van der Waals surface area contributed by atoms with Crippen molar-refractivity contribution in [2.75, 3.05) is 6.61 Å². The minimum atomic E-state index is -0.765. The molecular formula is C18H19ClN4O4. The average molecular weight is 391 g/mol. The molecule has 2 aromatic heterocycles. The van der Waals surface area contributed by atoms with Crippen molar-refractivity contribution in [2.24, 2.45) is 0 Å². The van der Waals surface area contributed by atoms with E-state index in [1.165, 1.54) is 15.5 Å². The molecule has 0 amide bonds. The van der Waals surface area contributed by atoms with Crippen LogP contribution in [0.2, 0.25) is 5.02 Å². The normalized spacial score (nSPS) is 12.3. The monoisotopic (exact) mass is 390 g/mol. The molecule has 0 bridgehead atoms. The van der Waals surface area contributed by atoms with E-state index in [0.29, 0.717) is 10.7 Å². The largest absolute Gasteiger partial charge is 0.464 e. The van der Waals surface area contributed by atoms with Crippen LogP contribution in [0, 0.1) is 0 Å². The number of fused-ring (bicyclic) bond motifs is 1. The first-order chi connectivity index (χ1) is 12.9. The number of nitrogens with zero attached hydrogens (tertiary/aromatic N) is 4. The summed E-state index contributed by atoms with van der Waals surface area (Å²) in [7, 11) is 0. The van der Waals surface area contributed by atoms with Gasteiger partial charge in [0.2, 0.25) is 0 Å². The summed E-state index contributed by atoms with van der Waals surface area (Å²) in [5, 5.41) is 0.445. The number of esters is 1. The molecule has 142 valence electrons. The molecule has 1 unspecified atom stereocenters. The maximum atomic E-state index is 12.9. The van der Waals surface area contributed by atoms with Crippen LogP contribution < -0.4 is 11.2 Å². The van der Waals surface area contributed by atoms with Gasteiger partial charge in [0.1, 0.15) is 6.04 Å². The third kappa shape index (κ3) is 3.16. The Labute approximate surface area is 159 Å². The van der Waals surface area contributed by atoms with E-state index in [2.05, 4.69) is 4.98 Å². The molecule has 8 nitrogen and oxygen atoms in total. The predicted octanol–water partition coefficient (Wildman–Crippen LogP) is 2.15. The Balaban J connectivity index is 2.37. The summed E-state index contributed by atoms with van der Waals surface area (Å²) >= 11 is 6.06. The van der Waals surface area contributed by atoms with Crippen LogP contribution in [0.25, 0.3) is 16.9 Å². The van der Waals surface area contributed by atoms with Crippen LogP contribution in [0.15, 0.2) is 40.2 Å². The van der Waals surface area contributed by atoms with Gasteiger partial charge in [0.05, 0.1) is 18.6 Å². The van der Waals surface area contributed by atoms with Crippen LogP contribution in [-0.4, -0.2) is 31.3 Å². The zero-order valence-electron chi connectivity index (χ0n) is 15.2. The second-order valence-electron chi connectivity index (χ2n) is 5.90. The first kappa shape index (κ1) is 18.9. The first-order valence-corrected chi connectivity index (χ1v) is 8.93. The second-order valence-corrected chi connectivity index (χ2v) is 6.34. The zero-order valence-corrected chi connectivity index (χ0v) is 15.9. The van der Waals surface area contributed by atoms with Crippen molar-refractivity contribution in [3.05, 3.63) is 56.5 Å². The molecule has 0 aliphatic carbocycles. The predicted molar refractivity (Wildman–Crippen MR) is 102 cm³/mol. The van der Waals surface area contributed by atoms with Crippen molar-refractivity contribution < 1.29 is 9.53 Å². The zero-order chi connectivity index (χ0) is 19.7. The van der Waals surface area contributed by atoms with E-state index in [-0.39, 0.29) is 24.3 Å². The highest BCUT2D eigenvalue weighted by molar-refractivity contribution is 6.30. The van der Waals surface area contributed by atoms with Crippen molar-refractivity contribution in [2.45, 2.75) is 33.4 Å². The van der Waals surface area contributed by atoms with Gasteiger partial charge in [-0.3, -0.25) is 9.36 Å². The minimum absolute atomic E-state index is 0.150. The Morgan fingerprint density at radius 1 is 1.30 bits per heavy atom. The second kappa shape index (κ2) is 7.40. The molecule has 0 fully saturated rings. The summed E-state index contributed by atoms with van der Waals surface area (Å²) in [5.74, 6) is -0.486. The van der Waals surface area contributed by atoms with Crippen LogP contribution in [0.5, 0.6) is 0 Å². The van der Waals surface area contributed by atoms with Crippen LogP contribution in [0.3, 0.4) is 0 Å². The van der Waals surface area contributed by atoms with E-state index in [1.807, 2.05) is 0 Å². The van der Waals surface area contributed by atoms with Gasteiger partial charge in [0.25, 0.3) is 5.56 Å². The first-order valence-electron chi connectivity index (χ1n) is 8.55. The summed E-state index contributed by atoms with van der Waals surface area (Å²) in [6, 6.07) is 5.93. The molecule has 0 N–H and O–H groups in total. The van der Waals surface area contributed by atoms with Crippen LogP contribution in [0.4, 0.5) is 0 Å². The average Bonchev–Trinajstić information content (AvgIpc) is 3.06. The molecule has 0 spiro atoms. The van der Waals surface area contributed by atoms with E-state index in [0.717, 1.165) is 4.57 Å². The van der Waals surface area contributed by atoms with Gasteiger partial charge in [-0.05, 0) is 39.0 Å². The summed E-state index contributed by atoms with van der Waals surface area (Å²) < 4.78 is 8.89. The standard InChI is InChI=1S/C18H19ClN4O4/c1-4-21-16(24)14-15(20-10-22(14)11(3)17(25)27-5-2)23(18(21)26)13-8-6-7-12(19)9-13/h6-11H,4-5H2,1-3H3. The topological polar surface area (TPSA) is 88.1 Å². The third-order valence-electron chi connectivity index (χ3n) is 4.28. The number of carbonyl (C=O) groups excluding carboxylic acids is 1. The van der Waals surface area contributed by atoms with E-state index < -0.39 is 23.3 Å². The fourth-order valence-corrected chi connectivity index (χ4v) is 3.13. The van der Waals surface area contributed by atoms with Crippen molar-refractivity contribution in [3.63, 3.8) is 0 Å². The molecule has 0 radical (unpaired) electrons. The third-order valence-corrected chi connectivity index (χ3v) is 4.52. The van der Waals surface area contributed by atoms with Crippen molar-refractivity contribution in [1.82, 2.24) is 18.7 Å². The SMILES string of the molecule is CCOC(=O)C(C)n1cnc2c1c(=O)n(CC)c(=O)n2-c1cccc(Cl)c1. The molecule has 3 rings (SSSR count). The Morgan fingerprint density at radius 2 is 2.04 bits per heavy atom. The number of imidazole rings is 1. The van der Waals surface area contributed by atoms with Crippen molar-refractivity contribution in [3.8, 4) is 5.69 Å². The number of aromatic nitrogens is 4. The lowest BCUT2D eigenvalue weighted by Crippen LogP contribution is -2.40. The molecule has 1 aromatic carbocycles. The van der Waals surface area contributed by atoms with Gasteiger partial charge < -0.3 is 9.30 Å². The van der Waals surface area contributed by atoms with Crippen molar-refractivity contribution >= 4 is 28.7 Å². The molecule has 3 aromatic rings. The number of hydrogen-bond donors (Lipinski definition) is 0. The number of hydrogen-bond acceptors (Lipinski definition) is 5. The lowest BCUT2D eigenvalue weighted by molar-refractivity contribution is -0.146. The maximum absolute atomic E-state index is 12.9. The number of rotatable bonds is 5. The number of benzene rings is 1. The van der Waals surface area contributed by atoms with Gasteiger partial charge in [-0.1, -0.05) is 17.7 Å². The maximum Gasteiger partial charge on any atom is 0.337 e. The van der Waals surface area contributed by atoms with E-state index in [4.69, 9.17) is 16.3 Å². The van der Waals surface area contributed by atoms with Gasteiger partial charge in [0.15, 0.2) is 11.2 Å². The number of ether oxygens (including phenoxy) is 1. The molecule has 0 aliphatic heterocycles. The molecule has 27 heavy (non-hydrogen) atoms. The van der Waals surface area contributed by atoms with Gasteiger partial charge in [-0.15, -0.1) is 0 Å². The van der Waals surface area contributed by atoms with Gasteiger partial charge in [0, 0.05) is 11.6 Å². The lowest BCUT2D eigenvalue weighted by atomic mass is 10.3. The Bertz CT molecular complexity index is 1130. The summed E-state index contributed by atoms with van der Waals surface area (Å²) in [4.78, 5) is 42.2. The van der Waals surface area contributed by atoms with Gasteiger partial charge in [-0.25, -0.2) is 19.1 Å². The Morgan fingerprint density at radius 3 is 2.67 bits per heavy atom. The summed E-state index contributed by atoms with van der Waals surface area (Å²) in [6.07, 6.45) is 1.37. The van der Waals surface area contributed by atoms with Crippen LogP contribution >= 0.6 is 11.6 Å². The highest BCUT2D eigenvalue weighted by Gasteiger charge is 2.24. The van der Waals surface area contributed by atoms with Gasteiger partial charge in [-0.2, -0.15) is 0 Å². The summed E-state index contributed by atoms with van der Waals surface area (Å²) in [6.45, 7) is 5.42. The molecular weight excluding hydrogens is 372 g/mol. The molecule has 1 atom stereocenters. The fraction of sp³-hybridized carbons (Fsp3) is 0.333. The van der Waals surface area contributed by atoms with Crippen molar-refractivity contribution in [1.29, 1.82) is 0 Å². The molecule has 2 heterocycles. The minimum Gasteiger partial charge on any atom is -0.464 e.